The van der Waals surface area contributed by atoms with Crippen molar-refractivity contribution in [2.24, 2.45) is 4.99 Å². The van der Waals surface area contributed by atoms with Crippen molar-refractivity contribution in [3.63, 3.8) is 0 Å². The molecule has 130 valence electrons. The van der Waals surface area contributed by atoms with Crippen molar-refractivity contribution in [1.82, 2.24) is 0 Å². The van der Waals surface area contributed by atoms with Gasteiger partial charge in [-0.2, -0.15) is 0 Å². The van der Waals surface area contributed by atoms with Crippen LogP contribution in [0.4, 0.5) is 0 Å². The third kappa shape index (κ3) is 2.25. The molecule has 0 bridgehead atoms. The van der Waals surface area contributed by atoms with E-state index in [1.54, 1.807) is 6.92 Å². The lowest BCUT2D eigenvalue weighted by atomic mass is 9.78. The maximum Gasteiger partial charge on any atom is 0.224 e. The minimum absolute atomic E-state index is 0.317. The minimum atomic E-state index is -1.01. The first kappa shape index (κ1) is 16.3. The van der Waals surface area contributed by atoms with Gasteiger partial charge in [-0.15, -0.1) is 0 Å². The number of hydrogen-bond donors (Lipinski definition) is 1. The maximum atomic E-state index is 10.7. The number of benzene rings is 2. The molecule has 25 heavy (non-hydrogen) atoms. The number of rotatable bonds is 4. The van der Waals surface area contributed by atoms with Gasteiger partial charge in [0.15, 0.2) is 5.60 Å². The smallest absolute Gasteiger partial charge is 0.224 e. The molecule has 2 aromatic rings. The Morgan fingerprint density at radius 2 is 1.48 bits per heavy atom. The predicted octanol–water partition coefficient (Wildman–Crippen LogP) is 3.29. The minimum Gasteiger partial charge on any atom is -0.476 e. The second-order valence-corrected chi connectivity index (χ2v) is 7.44. The van der Waals surface area contributed by atoms with Crippen LogP contribution in [-0.2, 0) is 15.1 Å². The number of aliphatic imine (C=N–C) groups is 1. The molecule has 0 aliphatic carbocycles. The van der Waals surface area contributed by atoms with Crippen molar-refractivity contribution in [2.75, 3.05) is 6.61 Å². The Balaban J connectivity index is 1.92. The van der Waals surface area contributed by atoms with Gasteiger partial charge in [-0.25, -0.2) is 4.99 Å². The van der Waals surface area contributed by atoms with Crippen molar-refractivity contribution in [3.8, 4) is 0 Å². The lowest BCUT2D eigenvalue weighted by Gasteiger charge is -2.23. The van der Waals surface area contributed by atoms with Crippen LogP contribution < -0.4 is 0 Å². The molecule has 0 saturated carbocycles. The molecule has 2 heterocycles. The Morgan fingerprint density at radius 1 is 0.960 bits per heavy atom. The van der Waals surface area contributed by atoms with Crippen LogP contribution in [0.3, 0.4) is 0 Å². The molecule has 2 atom stereocenters. The molecule has 0 aromatic heterocycles. The number of aliphatic hydroxyl groups excluding tert-OH is 1. The van der Waals surface area contributed by atoms with E-state index in [0.29, 0.717) is 12.5 Å². The maximum absolute atomic E-state index is 10.7. The van der Waals surface area contributed by atoms with E-state index in [9.17, 15) is 5.11 Å². The third-order valence-corrected chi connectivity index (χ3v) is 5.03. The summed E-state index contributed by atoms with van der Waals surface area (Å²) in [5, 5.41) is 10.7. The van der Waals surface area contributed by atoms with E-state index in [1.807, 2.05) is 74.5 Å². The van der Waals surface area contributed by atoms with Crippen LogP contribution in [0.2, 0.25) is 0 Å². The third-order valence-electron chi connectivity index (χ3n) is 5.03. The largest absolute Gasteiger partial charge is 0.476 e. The highest BCUT2D eigenvalue weighted by Gasteiger charge is 2.79. The highest BCUT2D eigenvalue weighted by molar-refractivity contribution is 5.94. The molecule has 0 radical (unpaired) electrons. The van der Waals surface area contributed by atoms with E-state index in [2.05, 4.69) is 0 Å². The van der Waals surface area contributed by atoms with Gasteiger partial charge in [-0.05, 0) is 31.9 Å². The standard InChI is InChI=1S/C21H23NO3/c1-15(23)20(18-22-19(2,3)14-24-18)21(25-20,16-10-6-4-7-11-16)17-12-8-5-9-13-17/h4-13,15,23H,14H2,1-3H3/t15-,20+/m1/s1. The number of aliphatic hydroxyl groups is 1. The molecule has 1 fully saturated rings. The fourth-order valence-electron chi connectivity index (χ4n) is 3.80. The van der Waals surface area contributed by atoms with Crippen LogP contribution in [-0.4, -0.2) is 34.9 Å². The fourth-order valence-corrected chi connectivity index (χ4v) is 3.80. The van der Waals surface area contributed by atoms with E-state index >= 15 is 0 Å². The van der Waals surface area contributed by atoms with Crippen LogP contribution in [0, 0.1) is 0 Å². The predicted molar refractivity (Wildman–Crippen MR) is 96.6 cm³/mol. The van der Waals surface area contributed by atoms with Gasteiger partial charge in [0.2, 0.25) is 11.5 Å². The van der Waals surface area contributed by atoms with Crippen molar-refractivity contribution in [3.05, 3.63) is 71.8 Å². The molecule has 0 unspecified atom stereocenters. The topological polar surface area (TPSA) is 54.4 Å². The average molecular weight is 337 g/mol. The molecule has 4 heteroatoms. The van der Waals surface area contributed by atoms with Gasteiger partial charge >= 0.3 is 0 Å². The van der Waals surface area contributed by atoms with E-state index in [1.165, 1.54) is 0 Å². The molecule has 4 rings (SSSR count). The highest BCUT2D eigenvalue weighted by Crippen LogP contribution is 2.63. The number of nitrogens with zero attached hydrogens (tertiary/aromatic N) is 1. The second kappa shape index (κ2) is 5.41. The average Bonchev–Trinajstić information content (AvgIpc) is 3.22. The van der Waals surface area contributed by atoms with Crippen LogP contribution in [0.5, 0.6) is 0 Å². The van der Waals surface area contributed by atoms with E-state index in [0.717, 1.165) is 11.1 Å². The summed E-state index contributed by atoms with van der Waals surface area (Å²) in [6, 6.07) is 20.0. The zero-order valence-electron chi connectivity index (χ0n) is 14.8. The monoisotopic (exact) mass is 337 g/mol. The van der Waals surface area contributed by atoms with Crippen molar-refractivity contribution in [1.29, 1.82) is 0 Å². The molecule has 4 nitrogen and oxygen atoms in total. The SMILES string of the molecule is C[C@@H](O)[C@@]1(C2=NC(C)(C)CO2)OC1(c1ccccc1)c1ccccc1. The summed E-state index contributed by atoms with van der Waals surface area (Å²) in [5.41, 5.74) is -0.162. The van der Waals surface area contributed by atoms with Gasteiger partial charge < -0.3 is 14.6 Å². The molecule has 0 spiro atoms. The summed E-state index contributed by atoms with van der Waals surface area (Å²) >= 11 is 0. The molecular weight excluding hydrogens is 314 g/mol. The number of hydrogen-bond acceptors (Lipinski definition) is 4. The van der Waals surface area contributed by atoms with Gasteiger partial charge in [-0.3, -0.25) is 0 Å². The fraction of sp³-hybridized carbons (Fsp3) is 0.381. The zero-order chi connectivity index (χ0) is 17.7. The molecule has 1 N–H and O–H groups in total. The lowest BCUT2D eigenvalue weighted by Crippen LogP contribution is -2.43. The Bertz CT molecular complexity index is 759. The Hall–Kier alpha value is -2.17. The molecular formula is C21H23NO3. The van der Waals surface area contributed by atoms with Crippen LogP contribution >= 0.6 is 0 Å². The van der Waals surface area contributed by atoms with Gasteiger partial charge in [0.1, 0.15) is 6.61 Å². The first-order chi connectivity index (χ1) is 11.9. The normalized spacial score (nSPS) is 27.3. The molecule has 2 aliphatic rings. The highest BCUT2D eigenvalue weighted by atomic mass is 16.7. The summed E-state index contributed by atoms with van der Waals surface area (Å²) in [7, 11) is 0. The Labute approximate surface area is 148 Å². The molecule has 2 aromatic carbocycles. The number of epoxide rings is 1. The van der Waals surface area contributed by atoms with Crippen LogP contribution in [0.15, 0.2) is 65.7 Å². The second-order valence-electron chi connectivity index (χ2n) is 7.44. The van der Waals surface area contributed by atoms with Gasteiger partial charge in [0, 0.05) is 0 Å². The van der Waals surface area contributed by atoms with E-state index in [-0.39, 0.29) is 5.54 Å². The van der Waals surface area contributed by atoms with E-state index in [4.69, 9.17) is 14.5 Å². The molecule has 2 aliphatic heterocycles. The Kier molecular flexibility index (Phi) is 3.53. The summed E-state index contributed by atoms with van der Waals surface area (Å²) in [5.74, 6) is 0.486. The zero-order valence-corrected chi connectivity index (χ0v) is 14.8. The van der Waals surface area contributed by atoms with Crippen LogP contribution in [0.25, 0.3) is 0 Å². The van der Waals surface area contributed by atoms with Gasteiger partial charge in [-0.1, -0.05) is 60.7 Å². The summed E-state index contributed by atoms with van der Waals surface area (Å²) in [4.78, 5) is 4.73. The number of ether oxygens (including phenoxy) is 2. The summed E-state index contributed by atoms with van der Waals surface area (Å²) in [6.45, 7) is 6.26. The van der Waals surface area contributed by atoms with Gasteiger partial charge in [0.25, 0.3) is 0 Å². The van der Waals surface area contributed by atoms with Crippen LogP contribution in [0.1, 0.15) is 31.9 Å². The summed E-state index contributed by atoms with van der Waals surface area (Å²) < 4.78 is 12.3. The summed E-state index contributed by atoms with van der Waals surface area (Å²) in [6.07, 6.45) is -0.777. The van der Waals surface area contributed by atoms with E-state index < -0.39 is 17.3 Å². The van der Waals surface area contributed by atoms with Crippen molar-refractivity contribution in [2.45, 2.75) is 43.6 Å². The molecule has 0 amide bonds. The first-order valence-corrected chi connectivity index (χ1v) is 8.65. The first-order valence-electron chi connectivity index (χ1n) is 8.65. The van der Waals surface area contributed by atoms with Crippen molar-refractivity contribution >= 4 is 5.90 Å². The Morgan fingerprint density at radius 3 is 1.88 bits per heavy atom. The lowest BCUT2D eigenvalue weighted by molar-refractivity contribution is 0.110. The van der Waals surface area contributed by atoms with Crippen molar-refractivity contribution < 1.29 is 14.6 Å². The molecule has 1 saturated heterocycles. The van der Waals surface area contributed by atoms with Gasteiger partial charge in [0.05, 0.1) is 11.6 Å². The quantitative estimate of drug-likeness (QED) is 0.871.